The zero-order chi connectivity index (χ0) is 13.1. The smallest absolute Gasteiger partial charge is 0.174 e. The van der Waals surface area contributed by atoms with Crippen molar-refractivity contribution in [3.8, 4) is 0 Å². The SMILES string of the molecule is CC(C)CC(C)(CN)Nc1cc(Cl)nnc1Cl. The number of nitrogens with two attached hydrogens (primary N) is 1. The Hall–Kier alpha value is -0.580. The number of nitrogens with zero attached hydrogens (tertiary/aromatic N) is 2. The average molecular weight is 277 g/mol. The van der Waals surface area contributed by atoms with Gasteiger partial charge in [-0.15, -0.1) is 10.2 Å². The first-order chi connectivity index (χ1) is 7.86. The molecule has 17 heavy (non-hydrogen) atoms. The molecule has 1 aromatic rings. The quantitative estimate of drug-likeness (QED) is 0.868. The van der Waals surface area contributed by atoms with Crippen molar-refractivity contribution in [3.05, 3.63) is 16.4 Å². The lowest BCUT2D eigenvalue weighted by molar-refractivity contribution is 0.407. The van der Waals surface area contributed by atoms with Crippen LogP contribution in [0.25, 0.3) is 0 Å². The summed E-state index contributed by atoms with van der Waals surface area (Å²) in [5.41, 5.74) is 6.25. The van der Waals surface area contributed by atoms with Crippen LogP contribution in [0.5, 0.6) is 0 Å². The largest absolute Gasteiger partial charge is 0.376 e. The van der Waals surface area contributed by atoms with Crippen molar-refractivity contribution >= 4 is 28.9 Å². The molecule has 0 aliphatic heterocycles. The van der Waals surface area contributed by atoms with E-state index in [4.69, 9.17) is 28.9 Å². The second kappa shape index (κ2) is 5.85. The summed E-state index contributed by atoms with van der Waals surface area (Å²) in [6.07, 6.45) is 0.930. The zero-order valence-electron chi connectivity index (χ0n) is 10.3. The molecule has 0 radical (unpaired) electrons. The lowest BCUT2D eigenvalue weighted by Gasteiger charge is -2.32. The molecule has 0 amide bonds. The number of rotatable bonds is 5. The molecule has 4 nitrogen and oxygen atoms in total. The van der Waals surface area contributed by atoms with Gasteiger partial charge >= 0.3 is 0 Å². The van der Waals surface area contributed by atoms with E-state index in [-0.39, 0.29) is 5.54 Å². The number of halogens is 2. The van der Waals surface area contributed by atoms with E-state index in [1.54, 1.807) is 6.07 Å². The van der Waals surface area contributed by atoms with Gasteiger partial charge in [-0.1, -0.05) is 37.0 Å². The first-order valence-corrected chi connectivity index (χ1v) is 6.29. The van der Waals surface area contributed by atoms with Crippen molar-refractivity contribution in [2.75, 3.05) is 11.9 Å². The fourth-order valence-corrected chi connectivity index (χ4v) is 2.14. The molecule has 0 saturated heterocycles. The summed E-state index contributed by atoms with van der Waals surface area (Å²) in [4.78, 5) is 0. The Labute approximate surface area is 112 Å². The van der Waals surface area contributed by atoms with Crippen molar-refractivity contribution in [2.24, 2.45) is 11.7 Å². The van der Waals surface area contributed by atoms with Crippen LogP contribution in [-0.2, 0) is 0 Å². The van der Waals surface area contributed by atoms with Gasteiger partial charge in [0.2, 0.25) is 0 Å². The van der Waals surface area contributed by atoms with Gasteiger partial charge in [0.25, 0.3) is 0 Å². The molecule has 0 spiro atoms. The minimum atomic E-state index is -0.232. The van der Waals surface area contributed by atoms with Gasteiger partial charge in [0, 0.05) is 18.2 Å². The molecular weight excluding hydrogens is 259 g/mol. The minimum absolute atomic E-state index is 0.232. The highest BCUT2D eigenvalue weighted by molar-refractivity contribution is 6.33. The van der Waals surface area contributed by atoms with Gasteiger partial charge in [-0.25, -0.2) is 0 Å². The molecule has 1 heterocycles. The summed E-state index contributed by atoms with van der Waals surface area (Å²) in [7, 11) is 0. The maximum atomic E-state index is 5.96. The molecule has 0 fully saturated rings. The Bertz CT molecular complexity index is 384. The highest BCUT2D eigenvalue weighted by atomic mass is 35.5. The van der Waals surface area contributed by atoms with E-state index < -0.39 is 0 Å². The molecule has 1 unspecified atom stereocenters. The van der Waals surface area contributed by atoms with Gasteiger partial charge in [-0.05, 0) is 19.3 Å². The summed E-state index contributed by atoms with van der Waals surface area (Å²) in [6, 6.07) is 1.66. The van der Waals surface area contributed by atoms with Crippen molar-refractivity contribution in [1.82, 2.24) is 10.2 Å². The average Bonchev–Trinajstić information content (AvgIpc) is 2.22. The van der Waals surface area contributed by atoms with E-state index >= 15 is 0 Å². The van der Waals surface area contributed by atoms with Crippen molar-refractivity contribution < 1.29 is 0 Å². The van der Waals surface area contributed by atoms with Crippen LogP contribution < -0.4 is 11.1 Å². The fraction of sp³-hybridized carbons (Fsp3) is 0.636. The van der Waals surface area contributed by atoms with Crippen molar-refractivity contribution in [1.29, 1.82) is 0 Å². The molecule has 0 aliphatic carbocycles. The normalized spacial score (nSPS) is 14.8. The van der Waals surface area contributed by atoms with E-state index in [0.717, 1.165) is 6.42 Å². The Kier molecular flexibility index (Phi) is 4.98. The number of anilines is 1. The molecule has 1 rings (SSSR count). The molecule has 96 valence electrons. The van der Waals surface area contributed by atoms with Crippen LogP contribution in [0.2, 0.25) is 10.3 Å². The zero-order valence-corrected chi connectivity index (χ0v) is 11.8. The molecule has 0 aliphatic rings. The minimum Gasteiger partial charge on any atom is -0.376 e. The van der Waals surface area contributed by atoms with Gasteiger partial charge in [-0.2, -0.15) is 0 Å². The van der Waals surface area contributed by atoms with E-state index in [9.17, 15) is 0 Å². The third-order valence-electron chi connectivity index (χ3n) is 2.46. The fourth-order valence-electron chi connectivity index (χ4n) is 1.85. The highest BCUT2D eigenvalue weighted by Crippen LogP contribution is 2.27. The summed E-state index contributed by atoms with van der Waals surface area (Å²) >= 11 is 11.8. The van der Waals surface area contributed by atoms with E-state index in [1.807, 2.05) is 0 Å². The first-order valence-electron chi connectivity index (χ1n) is 5.53. The van der Waals surface area contributed by atoms with Gasteiger partial charge in [-0.3, -0.25) is 0 Å². The Morgan fingerprint density at radius 2 is 2.06 bits per heavy atom. The highest BCUT2D eigenvalue weighted by Gasteiger charge is 2.24. The molecule has 1 atom stereocenters. The lowest BCUT2D eigenvalue weighted by atomic mass is 9.90. The first kappa shape index (κ1) is 14.5. The number of aromatic nitrogens is 2. The molecule has 0 aromatic carbocycles. The molecule has 6 heteroatoms. The molecule has 1 aromatic heterocycles. The number of nitrogens with one attached hydrogen (secondary N) is 1. The van der Waals surface area contributed by atoms with Gasteiger partial charge in [0.05, 0.1) is 5.69 Å². The van der Waals surface area contributed by atoms with Crippen LogP contribution in [0.3, 0.4) is 0 Å². The summed E-state index contributed by atoms with van der Waals surface area (Å²) < 4.78 is 0. The van der Waals surface area contributed by atoms with Crippen LogP contribution in [0, 0.1) is 5.92 Å². The lowest BCUT2D eigenvalue weighted by Crippen LogP contribution is -2.43. The Balaban J connectivity index is 2.90. The summed E-state index contributed by atoms with van der Waals surface area (Å²) in [5.74, 6) is 0.528. The van der Waals surface area contributed by atoms with Crippen LogP contribution >= 0.6 is 23.2 Å². The summed E-state index contributed by atoms with van der Waals surface area (Å²) in [6.45, 7) is 6.85. The number of hydrogen-bond acceptors (Lipinski definition) is 4. The Morgan fingerprint density at radius 3 is 2.59 bits per heavy atom. The number of hydrogen-bond donors (Lipinski definition) is 2. The van der Waals surface area contributed by atoms with Gasteiger partial charge in [0.15, 0.2) is 10.3 Å². The Morgan fingerprint density at radius 1 is 1.41 bits per heavy atom. The third kappa shape index (κ3) is 4.30. The van der Waals surface area contributed by atoms with Crippen LogP contribution in [-0.4, -0.2) is 22.3 Å². The van der Waals surface area contributed by atoms with Crippen LogP contribution in [0.1, 0.15) is 27.2 Å². The monoisotopic (exact) mass is 276 g/mol. The predicted molar refractivity (Wildman–Crippen MR) is 72.6 cm³/mol. The second-order valence-electron chi connectivity index (χ2n) is 4.86. The molecule has 3 N–H and O–H groups in total. The van der Waals surface area contributed by atoms with Crippen LogP contribution in [0.15, 0.2) is 6.07 Å². The second-order valence-corrected chi connectivity index (χ2v) is 5.60. The molecular formula is C11H18Cl2N4. The maximum Gasteiger partial charge on any atom is 0.174 e. The maximum absolute atomic E-state index is 5.96. The van der Waals surface area contributed by atoms with E-state index in [1.165, 1.54) is 0 Å². The van der Waals surface area contributed by atoms with Crippen molar-refractivity contribution in [2.45, 2.75) is 32.7 Å². The third-order valence-corrected chi connectivity index (χ3v) is 2.93. The van der Waals surface area contributed by atoms with E-state index in [2.05, 4.69) is 36.3 Å². The van der Waals surface area contributed by atoms with E-state index in [0.29, 0.717) is 28.5 Å². The predicted octanol–water partition coefficient (Wildman–Crippen LogP) is 2.96. The topological polar surface area (TPSA) is 63.8 Å². The van der Waals surface area contributed by atoms with Crippen molar-refractivity contribution in [3.63, 3.8) is 0 Å². The molecule has 0 saturated carbocycles. The standard InChI is InChI=1S/C11H18Cl2N4/c1-7(2)5-11(3,6-14)15-8-4-9(12)16-17-10(8)13/h4,7H,5-6,14H2,1-3H3,(H,15,16). The molecule has 0 bridgehead atoms. The van der Waals surface area contributed by atoms with Crippen LogP contribution in [0.4, 0.5) is 5.69 Å². The summed E-state index contributed by atoms with van der Waals surface area (Å²) in [5, 5.41) is 11.3. The van der Waals surface area contributed by atoms with Gasteiger partial charge in [0.1, 0.15) is 0 Å². The van der Waals surface area contributed by atoms with Gasteiger partial charge < -0.3 is 11.1 Å².